The van der Waals surface area contributed by atoms with Crippen molar-refractivity contribution in [3.8, 4) is 0 Å². The van der Waals surface area contributed by atoms with Crippen molar-refractivity contribution in [2.75, 3.05) is 13.2 Å². The Bertz CT molecular complexity index is 376. The molecule has 0 aliphatic rings. The van der Waals surface area contributed by atoms with Crippen LogP contribution in [0.1, 0.15) is 104 Å². The summed E-state index contributed by atoms with van der Waals surface area (Å²) in [5, 5.41) is 39.3. The van der Waals surface area contributed by atoms with Gasteiger partial charge in [0, 0.05) is 6.42 Å². The van der Waals surface area contributed by atoms with Crippen LogP contribution in [-0.4, -0.2) is 51.0 Å². The molecular weight excluding hydrogens is 362 g/mol. The van der Waals surface area contributed by atoms with Crippen LogP contribution in [0.3, 0.4) is 0 Å². The third-order valence-electron chi connectivity index (χ3n) is 5.35. The minimum Gasteiger partial charge on any atom is -0.428 e. The highest BCUT2D eigenvalue weighted by atomic mass is 16.7. The van der Waals surface area contributed by atoms with Crippen LogP contribution in [0.4, 0.5) is 0 Å². The third-order valence-corrected chi connectivity index (χ3v) is 5.35. The number of aliphatic hydroxyl groups is 4. The summed E-state index contributed by atoms with van der Waals surface area (Å²) in [5.74, 6) is -3.20. The molecule has 0 heterocycles. The molecule has 0 aliphatic carbocycles. The Hall–Kier alpha value is -0.730. The van der Waals surface area contributed by atoms with Gasteiger partial charge in [-0.2, -0.15) is 0 Å². The largest absolute Gasteiger partial charge is 0.428 e. The lowest BCUT2D eigenvalue weighted by atomic mass is 9.86. The summed E-state index contributed by atoms with van der Waals surface area (Å²) in [4.78, 5) is 11.4. The second kappa shape index (κ2) is 17.2. The molecule has 0 rings (SSSR count). The molecule has 2 unspecified atom stereocenters. The average molecular weight is 408 g/mol. The van der Waals surface area contributed by atoms with Gasteiger partial charge in [0.2, 0.25) is 5.79 Å². The molecular formula is C21H45NO6. The molecule has 0 aromatic carbocycles. The zero-order valence-electron chi connectivity index (χ0n) is 18.1. The summed E-state index contributed by atoms with van der Waals surface area (Å²) in [5.41, 5.74) is -1.93. The topological polar surface area (TPSA) is 142 Å². The summed E-state index contributed by atoms with van der Waals surface area (Å²) < 4.78 is 4.89. The molecule has 0 amide bonds. The molecule has 0 aromatic heterocycles. The molecule has 2 atom stereocenters. The maximum Gasteiger partial charge on any atom is 0.334 e. The normalized spacial score (nSPS) is 15.4. The van der Waals surface area contributed by atoms with E-state index < -0.39 is 30.6 Å². The first-order valence-corrected chi connectivity index (χ1v) is 10.8. The fourth-order valence-electron chi connectivity index (χ4n) is 3.32. The lowest BCUT2D eigenvalue weighted by molar-refractivity contribution is -0.299. The van der Waals surface area contributed by atoms with Gasteiger partial charge in [0.25, 0.3) is 0 Å². The molecule has 0 radical (unpaired) electrons. The van der Waals surface area contributed by atoms with Crippen molar-refractivity contribution in [1.29, 1.82) is 0 Å². The highest BCUT2D eigenvalue weighted by molar-refractivity contribution is 5.70. The van der Waals surface area contributed by atoms with Gasteiger partial charge in [-0.1, -0.05) is 84.5 Å². The van der Waals surface area contributed by atoms with E-state index in [-0.39, 0.29) is 19.0 Å². The van der Waals surface area contributed by atoms with Gasteiger partial charge in [-0.3, -0.25) is 0 Å². The van der Waals surface area contributed by atoms with Crippen molar-refractivity contribution in [3.63, 3.8) is 0 Å². The van der Waals surface area contributed by atoms with Crippen LogP contribution in [0.25, 0.3) is 0 Å². The fraction of sp³-hybridized carbons (Fsp3) is 0.952. The summed E-state index contributed by atoms with van der Waals surface area (Å²) in [7, 11) is 0. The second-order valence-corrected chi connectivity index (χ2v) is 7.60. The molecule has 28 heavy (non-hydrogen) atoms. The van der Waals surface area contributed by atoms with Gasteiger partial charge in [-0.05, 0) is 12.8 Å². The van der Waals surface area contributed by atoms with E-state index in [4.69, 9.17) is 9.84 Å². The van der Waals surface area contributed by atoms with Crippen LogP contribution in [0.5, 0.6) is 0 Å². The minimum atomic E-state index is -2.19. The van der Waals surface area contributed by atoms with E-state index in [1.54, 1.807) is 6.92 Å². The van der Waals surface area contributed by atoms with Crippen molar-refractivity contribution in [3.05, 3.63) is 0 Å². The van der Waals surface area contributed by atoms with E-state index >= 15 is 0 Å². The molecule has 7 N–H and O–H groups in total. The Kier molecular flexibility index (Phi) is 18.1. The Balaban J connectivity index is 0. The van der Waals surface area contributed by atoms with Gasteiger partial charge in [0.05, 0.1) is 6.61 Å². The van der Waals surface area contributed by atoms with Gasteiger partial charge in [-0.25, -0.2) is 4.79 Å². The molecule has 0 saturated heterocycles. The summed E-state index contributed by atoms with van der Waals surface area (Å²) >= 11 is 0. The average Bonchev–Trinajstić information content (AvgIpc) is 2.67. The van der Waals surface area contributed by atoms with E-state index in [0.29, 0.717) is 6.42 Å². The van der Waals surface area contributed by atoms with Crippen molar-refractivity contribution in [2.24, 2.45) is 0 Å². The number of ether oxygens (including phenoxy) is 1. The van der Waals surface area contributed by atoms with Crippen LogP contribution in [-0.2, 0) is 9.53 Å². The standard InChI is InChI=1S/C21H42O6.H3N/c1-3-5-6-7-8-9-10-11-12-13-14-15-16-21(26,27-19(24)17-22)20(25,4-2)18-23;/h22-23,25-26H,3-18H2,1-2H3;1H3. The number of rotatable bonds is 18. The lowest BCUT2D eigenvalue weighted by Gasteiger charge is -2.40. The lowest BCUT2D eigenvalue weighted by Crippen LogP contribution is -2.59. The quantitative estimate of drug-likeness (QED) is 0.133. The van der Waals surface area contributed by atoms with Gasteiger partial charge < -0.3 is 31.3 Å². The smallest absolute Gasteiger partial charge is 0.334 e. The van der Waals surface area contributed by atoms with Gasteiger partial charge >= 0.3 is 5.97 Å². The summed E-state index contributed by atoms with van der Waals surface area (Å²) in [6.07, 6.45) is 14.0. The minimum absolute atomic E-state index is 0. The first-order valence-electron chi connectivity index (χ1n) is 10.8. The maximum absolute atomic E-state index is 11.4. The zero-order valence-corrected chi connectivity index (χ0v) is 18.1. The monoisotopic (exact) mass is 407 g/mol. The molecule has 0 spiro atoms. The van der Waals surface area contributed by atoms with Crippen LogP contribution in [0, 0.1) is 0 Å². The maximum atomic E-state index is 11.4. The summed E-state index contributed by atoms with van der Waals surface area (Å²) in [6, 6.07) is 0. The molecule has 0 saturated carbocycles. The predicted molar refractivity (Wildman–Crippen MR) is 111 cm³/mol. The van der Waals surface area contributed by atoms with Crippen molar-refractivity contribution < 1.29 is 30.0 Å². The van der Waals surface area contributed by atoms with E-state index in [1.807, 2.05) is 0 Å². The number of aliphatic hydroxyl groups excluding tert-OH is 2. The van der Waals surface area contributed by atoms with Crippen LogP contribution >= 0.6 is 0 Å². The fourth-order valence-corrected chi connectivity index (χ4v) is 3.32. The van der Waals surface area contributed by atoms with Crippen LogP contribution in [0.2, 0.25) is 0 Å². The van der Waals surface area contributed by atoms with Crippen molar-refractivity contribution in [2.45, 2.75) is 115 Å². The van der Waals surface area contributed by atoms with Crippen LogP contribution in [0.15, 0.2) is 0 Å². The number of carbonyl (C=O) groups is 1. The van der Waals surface area contributed by atoms with Crippen LogP contribution < -0.4 is 6.15 Å². The first-order chi connectivity index (χ1) is 12.9. The number of esters is 1. The van der Waals surface area contributed by atoms with Crippen molar-refractivity contribution >= 4 is 5.97 Å². The molecule has 170 valence electrons. The third kappa shape index (κ3) is 11.3. The Morgan fingerprint density at radius 3 is 1.57 bits per heavy atom. The van der Waals surface area contributed by atoms with Gasteiger partial charge in [0.1, 0.15) is 6.61 Å². The zero-order chi connectivity index (χ0) is 20.6. The predicted octanol–water partition coefficient (Wildman–Crippen LogP) is 3.60. The Labute approximate surface area is 171 Å². The van der Waals surface area contributed by atoms with E-state index in [2.05, 4.69) is 6.92 Å². The van der Waals surface area contributed by atoms with E-state index in [0.717, 1.165) is 19.3 Å². The summed E-state index contributed by atoms with van der Waals surface area (Å²) in [6.45, 7) is 2.21. The molecule has 0 bridgehead atoms. The number of hydrogen-bond acceptors (Lipinski definition) is 7. The number of carbonyl (C=O) groups excluding carboxylic acids is 1. The highest BCUT2D eigenvalue weighted by Crippen LogP contribution is 2.32. The molecule has 0 aliphatic heterocycles. The first kappa shape index (κ1) is 29.5. The van der Waals surface area contributed by atoms with Gasteiger partial charge in [-0.15, -0.1) is 0 Å². The second-order valence-electron chi connectivity index (χ2n) is 7.60. The van der Waals surface area contributed by atoms with E-state index in [1.165, 1.54) is 51.4 Å². The van der Waals surface area contributed by atoms with Crippen molar-refractivity contribution in [1.82, 2.24) is 6.15 Å². The Morgan fingerprint density at radius 2 is 1.21 bits per heavy atom. The highest BCUT2D eigenvalue weighted by Gasteiger charge is 2.50. The molecule has 7 heteroatoms. The van der Waals surface area contributed by atoms with E-state index in [9.17, 15) is 20.1 Å². The number of unbranched alkanes of at least 4 members (excludes halogenated alkanes) is 11. The molecule has 0 aromatic rings. The Morgan fingerprint density at radius 1 is 0.786 bits per heavy atom. The SMILES string of the molecule is CCCCCCCCCCCCCCC(O)(OC(=O)CO)C(O)(CC)CO.N. The van der Waals surface area contributed by atoms with Gasteiger partial charge in [0.15, 0.2) is 5.60 Å². The number of hydrogen-bond donors (Lipinski definition) is 5. The molecule has 0 fully saturated rings. The molecule has 7 nitrogen and oxygen atoms in total.